The quantitative estimate of drug-likeness (QED) is 0.880. The first-order chi connectivity index (χ1) is 7.60. The van der Waals surface area contributed by atoms with Gasteiger partial charge in [0.1, 0.15) is 0 Å². The molecule has 1 N–H and O–H groups in total. The van der Waals surface area contributed by atoms with Gasteiger partial charge in [0.25, 0.3) is 0 Å². The van der Waals surface area contributed by atoms with Crippen LogP contribution in [0.5, 0.6) is 0 Å². The zero-order valence-corrected chi connectivity index (χ0v) is 10.8. The summed E-state index contributed by atoms with van der Waals surface area (Å²) >= 11 is 11.9. The van der Waals surface area contributed by atoms with E-state index in [-0.39, 0.29) is 6.03 Å². The maximum atomic E-state index is 11.8. The average Bonchev–Trinajstić information content (AvgIpc) is 2.25. The Morgan fingerprint density at radius 1 is 1.25 bits per heavy atom. The summed E-state index contributed by atoms with van der Waals surface area (Å²) in [6.07, 6.45) is 0. The molecule has 1 aromatic rings. The Morgan fingerprint density at radius 2 is 1.75 bits per heavy atom. The summed E-state index contributed by atoms with van der Waals surface area (Å²) in [5.74, 6) is 0. The van der Waals surface area contributed by atoms with Crippen molar-refractivity contribution >= 4 is 34.9 Å². The van der Waals surface area contributed by atoms with E-state index in [1.54, 1.807) is 23.1 Å². The van der Waals surface area contributed by atoms with Crippen molar-refractivity contribution in [2.75, 3.05) is 18.4 Å². The number of hydrogen-bond donors (Lipinski definition) is 1. The Kier molecular flexibility index (Phi) is 4.90. The summed E-state index contributed by atoms with van der Waals surface area (Å²) in [6, 6.07) is 4.91. The second kappa shape index (κ2) is 5.97. The van der Waals surface area contributed by atoms with Gasteiger partial charge in [-0.05, 0) is 26.0 Å². The molecule has 0 unspecified atom stereocenters. The first-order valence-corrected chi connectivity index (χ1v) is 5.85. The molecule has 0 aromatic heterocycles. The van der Waals surface area contributed by atoms with Gasteiger partial charge in [0.05, 0.1) is 15.7 Å². The van der Waals surface area contributed by atoms with E-state index in [1.807, 2.05) is 13.8 Å². The van der Waals surface area contributed by atoms with Crippen molar-refractivity contribution in [1.29, 1.82) is 0 Å². The van der Waals surface area contributed by atoms with Crippen LogP contribution in [0.15, 0.2) is 18.2 Å². The van der Waals surface area contributed by atoms with Gasteiger partial charge in [-0.25, -0.2) is 4.79 Å². The van der Waals surface area contributed by atoms with Crippen LogP contribution in [0.2, 0.25) is 10.0 Å². The van der Waals surface area contributed by atoms with Crippen molar-refractivity contribution in [1.82, 2.24) is 4.90 Å². The lowest BCUT2D eigenvalue weighted by atomic mass is 10.3. The molecule has 5 heteroatoms. The van der Waals surface area contributed by atoms with Crippen LogP contribution in [0.3, 0.4) is 0 Å². The van der Waals surface area contributed by atoms with Gasteiger partial charge in [0, 0.05) is 13.1 Å². The van der Waals surface area contributed by atoms with Crippen LogP contribution in [0.4, 0.5) is 10.5 Å². The average molecular weight is 261 g/mol. The fourth-order valence-electron chi connectivity index (χ4n) is 1.31. The molecular weight excluding hydrogens is 247 g/mol. The van der Waals surface area contributed by atoms with Gasteiger partial charge < -0.3 is 10.2 Å². The maximum Gasteiger partial charge on any atom is 0.321 e. The van der Waals surface area contributed by atoms with E-state index in [0.717, 1.165) is 0 Å². The third-order valence-electron chi connectivity index (χ3n) is 2.25. The number of para-hydroxylation sites is 1. The minimum absolute atomic E-state index is 0.194. The van der Waals surface area contributed by atoms with Crippen LogP contribution in [-0.4, -0.2) is 24.0 Å². The summed E-state index contributed by atoms with van der Waals surface area (Å²) in [4.78, 5) is 13.4. The van der Waals surface area contributed by atoms with Crippen molar-refractivity contribution in [3.63, 3.8) is 0 Å². The summed E-state index contributed by atoms with van der Waals surface area (Å²) in [7, 11) is 0. The highest BCUT2D eigenvalue weighted by Gasteiger charge is 2.13. The number of urea groups is 1. The van der Waals surface area contributed by atoms with Gasteiger partial charge in [0.2, 0.25) is 0 Å². The Bertz CT molecular complexity index is 358. The second-order valence-corrected chi connectivity index (χ2v) is 4.01. The lowest BCUT2D eigenvalue weighted by molar-refractivity contribution is 0.217. The number of anilines is 1. The molecule has 0 bridgehead atoms. The summed E-state index contributed by atoms with van der Waals surface area (Å²) in [5, 5.41) is 3.58. The smallest absolute Gasteiger partial charge is 0.321 e. The van der Waals surface area contributed by atoms with Crippen LogP contribution in [-0.2, 0) is 0 Å². The molecule has 2 amide bonds. The SMILES string of the molecule is CCN(CC)C(=O)Nc1c(Cl)cccc1Cl. The van der Waals surface area contributed by atoms with E-state index in [0.29, 0.717) is 28.8 Å². The van der Waals surface area contributed by atoms with Crippen molar-refractivity contribution in [2.24, 2.45) is 0 Å². The third kappa shape index (κ3) is 3.03. The summed E-state index contributed by atoms with van der Waals surface area (Å²) in [6.45, 7) is 5.11. The van der Waals surface area contributed by atoms with Gasteiger partial charge in [-0.3, -0.25) is 0 Å². The minimum atomic E-state index is -0.194. The monoisotopic (exact) mass is 260 g/mol. The number of rotatable bonds is 3. The number of halogens is 2. The number of carbonyl (C=O) groups excluding carboxylic acids is 1. The predicted molar refractivity (Wildman–Crippen MR) is 68.4 cm³/mol. The predicted octanol–water partition coefficient (Wildman–Crippen LogP) is 3.87. The topological polar surface area (TPSA) is 32.3 Å². The highest BCUT2D eigenvalue weighted by molar-refractivity contribution is 6.39. The molecule has 0 aliphatic rings. The lowest BCUT2D eigenvalue weighted by Gasteiger charge is -2.20. The van der Waals surface area contributed by atoms with Crippen LogP contribution >= 0.6 is 23.2 Å². The highest BCUT2D eigenvalue weighted by atomic mass is 35.5. The second-order valence-electron chi connectivity index (χ2n) is 3.20. The molecule has 1 aromatic carbocycles. The first kappa shape index (κ1) is 13.1. The molecule has 3 nitrogen and oxygen atoms in total. The molecule has 16 heavy (non-hydrogen) atoms. The van der Waals surface area contributed by atoms with E-state index in [4.69, 9.17) is 23.2 Å². The number of hydrogen-bond acceptors (Lipinski definition) is 1. The van der Waals surface area contributed by atoms with Crippen molar-refractivity contribution < 1.29 is 4.79 Å². The number of nitrogens with one attached hydrogen (secondary N) is 1. The molecule has 0 spiro atoms. The molecule has 88 valence electrons. The Balaban J connectivity index is 2.84. The molecule has 1 rings (SSSR count). The zero-order chi connectivity index (χ0) is 12.1. The molecular formula is C11H14Cl2N2O. The number of carbonyl (C=O) groups is 1. The van der Waals surface area contributed by atoms with Crippen molar-refractivity contribution in [3.05, 3.63) is 28.2 Å². The van der Waals surface area contributed by atoms with Gasteiger partial charge in [-0.2, -0.15) is 0 Å². The summed E-state index contributed by atoms with van der Waals surface area (Å²) < 4.78 is 0. The standard InChI is InChI=1S/C11H14Cl2N2O/c1-3-15(4-2)11(16)14-10-8(12)6-5-7-9(10)13/h5-7H,3-4H2,1-2H3,(H,14,16). The normalized spacial score (nSPS) is 10.0. The lowest BCUT2D eigenvalue weighted by Crippen LogP contribution is -2.34. The van der Waals surface area contributed by atoms with E-state index < -0.39 is 0 Å². The Morgan fingerprint density at radius 3 is 2.19 bits per heavy atom. The van der Waals surface area contributed by atoms with E-state index in [9.17, 15) is 4.79 Å². The molecule has 0 heterocycles. The van der Waals surface area contributed by atoms with Crippen molar-refractivity contribution in [2.45, 2.75) is 13.8 Å². The summed E-state index contributed by atoms with van der Waals surface area (Å²) in [5.41, 5.74) is 0.461. The number of benzene rings is 1. The Hall–Kier alpha value is -0.930. The van der Waals surface area contributed by atoms with E-state index in [2.05, 4.69) is 5.32 Å². The minimum Gasteiger partial charge on any atom is -0.325 e. The van der Waals surface area contributed by atoms with Crippen LogP contribution in [0.1, 0.15) is 13.8 Å². The third-order valence-corrected chi connectivity index (χ3v) is 2.88. The molecule has 0 atom stereocenters. The fourth-order valence-corrected chi connectivity index (χ4v) is 1.81. The van der Waals surface area contributed by atoms with E-state index in [1.165, 1.54) is 0 Å². The highest BCUT2D eigenvalue weighted by Crippen LogP contribution is 2.29. The van der Waals surface area contributed by atoms with Crippen LogP contribution in [0.25, 0.3) is 0 Å². The van der Waals surface area contributed by atoms with Gasteiger partial charge in [-0.1, -0.05) is 29.3 Å². The molecule has 0 aliphatic carbocycles. The maximum absolute atomic E-state index is 11.8. The molecule has 0 saturated heterocycles. The van der Waals surface area contributed by atoms with E-state index >= 15 is 0 Å². The zero-order valence-electron chi connectivity index (χ0n) is 9.26. The van der Waals surface area contributed by atoms with Gasteiger partial charge in [0.15, 0.2) is 0 Å². The molecule has 0 saturated carbocycles. The first-order valence-electron chi connectivity index (χ1n) is 5.10. The van der Waals surface area contributed by atoms with Crippen LogP contribution in [0, 0.1) is 0 Å². The number of nitrogens with zero attached hydrogens (tertiary/aromatic N) is 1. The van der Waals surface area contributed by atoms with Gasteiger partial charge >= 0.3 is 6.03 Å². The number of amides is 2. The molecule has 0 aliphatic heterocycles. The molecule has 0 radical (unpaired) electrons. The Labute approximate surface area is 105 Å². The molecule has 0 fully saturated rings. The van der Waals surface area contributed by atoms with Crippen molar-refractivity contribution in [3.8, 4) is 0 Å². The van der Waals surface area contributed by atoms with Crippen LogP contribution < -0.4 is 5.32 Å². The fraction of sp³-hybridized carbons (Fsp3) is 0.364. The largest absolute Gasteiger partial charge is 0.325 e. The van der Waals surface area contributed by atoms with Gasteiger partial charge in [-0.15, -0.1) is 0 Å².